The molecule has 1 aliphatic heterocycles. The van der Waals surface area contributed by atoms with Gasteiger partial charge in [-0.05, 0) is 18.4 Å². The van der Waals surface area contributed by atoms with E-state index in [2.05, 4.69) is 38.7 Å². The normalized spacial score (nSPS) is 18.7. The molecule has 1 aliphatic carbocycles. The predicted octanol–water partition coefficient (Wildman–Crippen LogP) is 3.13. The highest BCUT2D eigenvalue weighted by Crippen LogP contribution is 2.28. The molecular formula is C19H23N3O. The molecule has 1 amide bonds. The minimum atomic E-state index is 0.272. The number of nitrogens with zero attached hydrogens (tertiary/aromatic N) is 3. The Morgan fingerprint density at radius 3 is 2.61 bits per heavy atom. The molecule has 2 aliphatic rings. The molecule has 2 heterocycles. The molecule has 23 heavy (non-hydrogen) atoms. The van der Waals surface area contributed by atoms with Gasteiger partial charge in [-0.15, -0.1) is 0 Å². The van der Waals surface area contributed by atoms with Crippen LogP contribution >= 0.6 is 0 Å². The number of carbonyl (C=O) groups excluding carboxylic acids is 1. The van der Waals surface area contributed by atoms with Gasteiger partial charge in [-0.25, -0.2) is 4.98 Å². The van der Waals surface area contributed by atoms with Crippen LogP contribution in [0.1, 0.15) is 31.5 Å². The first kappa shape index (κ1) is 14.5. The lowest BCUT2D eigenvalue weighted by molar-refractivity contribution is -0.135. The summed E-state index contributed by atoms with van der Waals surface area (Å²) in [5.74, 6) is 1.74. The van der Waals surface area contributed by atoms with Crippen LogP contribution in [0.2, 0.25) is 0 Å². The van der Waals surface area contributed by atoms with Gasteiger partial charge in [-0.1, -0.05) is 43.2 Å². The molecule has 0 N–H and O–H groups in total. The fraction of sp³-hybridized carbons (Fsp3) is 0.474. The maximum absolute atomic E-state index is 12.7. The maximum Gasteiger partial charge on any atom is 0.225 e. The first-order valence-electron chi connectivity index (χ1n) is 8.71. The van der Waals surface area contributed by atoms with Crippen molar-refractivity contribution in [3.8, 4) is 11.3 Å². The van der Waals surface area contributed by atoms with Crippen molar-refractivity contribution in [2.75, 3.05) is 13.1 Å². The van der Waals surface area contributed by atoms with Crippen LogP contribution in [0, 0.1) is 5.92 Å². The van der Waals surface area contributed by atoms with Crippen molar-refractivity contribution in [1.29, 1.82) is 0 Å². The third-order valence-electron chi connectivity index (χ3n) is 5.22. The molecule has 0 saturated heterocycles. The minimum Gasteiger partial charge on any atom is -0.340 e. The van der Waals surface area contributed by atoms with Crippen molar-refractivity contribution in [3.05, 3.63) is 42.4 Å². The van der Waals surface area contributed by atoms with Crippen molar-refractivity contribution in [2.24, 2.45) is 5.92 Å². The van der Waals surface area contributed by atoms with Gasteiger partial charge in [0, 0.05) is 32.0 Å². The Kier molecular flexibility index (Phi) is 3.90. The van der Waals surface area contributed by atoms with E-state index in [1.54, 1.807) is 0 Å². The van der Waals surface area contributed by atoms with E-state index in [0.29, 0.717) is 5.91 Å². The molecule has 4 heteroatoms. The van der Waals surface area contributed by atoms with E-state index >= 15 is 0 Å². The molecule has 1 saturated carbocycles. The van der Waals surface area contributed by atoms with E-state index in [1.165, 1.54) is 18.4 Å². The third-order valence-corrected chi connectivity index (χ3v) is 5.22. The lowest BCUT2D eigenvalue weighted by atomic mass is 10.1. The van der Waals surface area contributed by atoms with E-state index in [9.17, 15) is 4.79 Å². The molecule has 4 nitrogen and oxygen atoms in total. The summed E-state index contributed by atoms with van der Waals surface area (Å²) in [6.07, 6.45) is 7.41. The summed E-state index contributed by atoms with van der Waals surface area (Å²) in [4.78, 5) is 19.4. The second kappa shape index (κ2) is 6.19. The Morgan fingerprint density at radius 1 is 1.04 bits per heavy atom. The Labute approximate surface area is 137 Å². The summed E-state index contributed by atoms with van der Waals surface area (Å²) < 4.78 is 2.29. The molecular weight excluding hydrogens is 286 g/mol. The second-order valence-electron chi connectivity index (χ2n) is 6.63. The van der Waals surface area contributed by atoms with Crippen LogP contribution in [0.15, 0.2) is 36.5 Å². The molecule has 0 unspecified atom stereocenters. The van der Waals surface area contributed by atoms with Crippen LogP contribution in [-0.4, -0.2) is 33.4 Å². The van der Waals surface area contributed by atoms with Gasteiger partial charge in [0.2, 0.25) is 5.91 Å². The van der Waals surface area contributed by atoms with E-state index in [4.69, 9.17) is 0 Å². The molecule has 1 aromatic heterocycles. The van der Waals surface area contributed by atoms with Gasteiger partial charge >= 0.3 is 0 Å². The highest BCUT2D eigenvalue weighted by molar-refractivity contribution is 5.79. The smallest absolute Gasteiger partial charge is 0.225 e. The standard InChI is InChI=1S/C19H23N3O/c23-19(16-8-4-5-9-16)21-11-10-18-20-14-17(22(18)13-12-21)15-6-2-1-3-7-15/h1-3,6-7,14,16H,4-5,8-13H2. The Balaban J connectivity index is 1.53. The van der Waals surface area contributed by atoms with Crippen LogP contribution in [-0.2, 0) is 17.8 Å². The zero-order chi connectivity index (χ0) is 15.6. The molecule has 0 bridgehead atoms. The van der Waals surface area contributed by atoms with E-state index in [-0.39, 0.29) is 5.92 Å². The van der Waals surface area contributed by atoms with Crippen molar-refractivity contribution < 1.29 is 4.79 Å². The van der Waals surface area contributed by atoms with E-state index < -0.39 is 0 Å². The first-order chi connectivity index (χ1) is 11.3. The van der Waals surface area contributed by atoms with Gasteiger partial charge in [0.1, 0.15) is 5.82 Å². The van der Waals surface area contributed by atoms with Gasteiger partial charge < -0.3 is 9.47 Å². The molecule has 1 fully saturated rings. The zero-order valence-corrected chi connectivity index (χ0v) is 13.4. The SMILES string of the molecule is O=C(C1CCCC1)N1CCc2ncc(-c3ccccc3)n2CC1. The largest absolute Gasteiger partial charge is 0.340 e. The van der Waals surface area contributed by atoms with Crippen molar-refractivity contribution >= 4 is 5.91 Å². The molecule has 4 rings (SSSR count). The number of hydrogen-bond acceptors (Lipinski definition) is 2. The number of fused-ring (bicyclic) bond motifs is 1. The Morgan fingerprint density at radius 2 is 1.83 bits per heavy atom. The topological polar surface area (TPSA) is 38.1 Å². The number of rotatable bonds is 2. The number of aromatic nitrogens is 2. The highest BCUT2D eigenvalue weighted by Gasteiger charge is 2.28. The average molecular weight is 309 g/mol. The molecule has 0 radical (unpaired) electrons. The van der Waals surface area contributed by atoms with Gasteiger partial charge in [0.15, 0.2) is 0 Å². The van der Waals surface area contributed by atoms with Crippen LogP contribution in [0.4, 0.5) is 0 Å². The summed E-state index contributed by atoms with van der Waals surface area (Å²) >= 11 is 0. The summed E-state index contributed by atoms with van der Waals surface area (Å²) in [5, 5.41) is 0. The van der Waals surface area contributed by atoms with Crippen LogP contribution < -0.4 is 0 Å². The number of benzene rings is 1. The number of hydrogen-bond donors (Lipinski definition) is 0. The summed E-state index contributed by atoms with van der Waals surface area (Å²) in [5.41, 5.74) is 2.36. The van der Waals surface area contributed by atoms with Gasteiger partial charge in [0.25, 0.3) is 0 Å². The summed E-state index contributed by atoms with van der Waals surface area (Å²) in [6.45, 7) is 2.46. The van der Waals surface area contributed by atoms with Crippen molar-refractivity contribution in [2.45, 2.75) is 38.6 Å². The molecule has 0 spiro atoms. The fourth-order valence-corrected chi connectivity index (χ4v) is 3.92. The number of imidazole rings is 1. The van der Waals surface area contributed by atoms with Gasteiger partial charge in [-0.3, -0.25) is 4.79 Å². The van der Waals surface area contributed by atoms with Crippen LogP contribution in [0.5, 0.6) is 0 Å². The number of amides is 1. The van der Waals surface area contributed by atoms with E-state index in [0.717, 1.165) is 50.4 Å². The fourth-order valence-electron chi connectivity index (χ4n) is 3.92. The predicted molar refractivity (Wildman–Crippen MR) is 89.9 cm³/mol. The number of carbonyl (C=O) groups is 1. The van der Waals surface area contributed by atoms with E-state index in [1.807, 2.05) is 12.3 Å². The monoisotopic (exact) mass is 309 g/mol. The molecule has 0 atom stereocenters. The minimum absolute atomic E-state index is 0.272. The second-order valence-corrected chi connectivity index (χ2v) is 6.63. The van der Waals surface area contributed by atoms with Crippen LogP contribution in [0.3, 0.4) is 0 Å². The molecule has 2 aromatic rings. The Hall–Kier alpha value is -2.10. The third kappa shape index (κ3) is 2.78. The average Bonchev–Trinajstić information content (AvgIpc) is 3.21. The molecule has 120 valence electrons. The summed E-state index contributed by atoms with van der Waals surface area (Å²) in [6, 6.07) is 10.4. The Bertz CT molecular complexity index is 686. The zero-order valence-electron chi connectivity index (χ0n) is 13.4. The lowest BCUT2D eigenvalue weighted by Gasteiger charge is -2.23. The van der Waals surface area contributed by atoms with Crippen LogP contribution in [0.25, 0.3) is 11.3 Å². The lowest BCUT2D eigenvalue weighted by Crippen LogP contribution is -2.37. The maximum atomic E-state index is 12.7. The highest BCUT2D eigenvalue weighted by atomic mass is 16.2. The van der Waals surface area contributed by atoms with Crippen molar-refractivity contribution in [1.82, 2.24) is 14.5 Å². The van der Waals surface area contributed by atoms with Gasteiger partial charge in [0.05, 0.1) is 11.9 Å². The quantitative estimate of drug-likeness (QED) is 0.855. The van der Waals surface area contributed by atoms with Crippen molar-refractivity contribution in [3.63, 3.8) is 0 Å². The first-order valence-corrected chi connectivity index (χ1v) is 8.71. The summed E-state index contributed by atoms with van der Waals surface area (Å²) in [7, 11) is 0. The van der Waals surface area contributed by atoms with Gasteiger partial charge in [-0.2, -0.15) is 0 Å². The molecule has 1 aromatic carbocycles.